The summed E-state index contributed by atoms with van der Waals surface area (Å²) in [6.07, 6.45) is 0.733. The summed E-state index contributed by atoms with van der Waals surface area (Å²) in [7, 11) is 0. The average molecular weight is 386 g/mol. The largest absolute Gasteiger partial charge is 0.457 e. The molecule has 0 fully saturated rings. The normalized spacial score (nSPS) is 10.8. The Kier molecular flexibility index (Phi) is 4.69. The van der Waals surface area contributed by atoms with Gasteiger partial charge in [0.25, 0.3) is 0 Å². The summed E-state index contributed by atoms with van der Waals surface area (Å²) in [5.74, 6) is 0.961. The zero-order valence-electron chi connectivity index (χ0n) is 11.4. The van der Waals surface area contributed by atoms with Gasteiger partial charge in [-0.05, 0) is 41.8 Å². The lowest BCUT2D eigenvalue weighted by atomic mass is 10.0. The maximum Gasteiger partial charge on any atom is 0.150 e. The van der Waals surface area contributed by atoms with Crippen LogP contribution in [0.1, 0.15) is 10.4 Å². The number of ether oxygens (including phenoxy) is 1. The lowest BCUT2D eigenvalue weighted by Gasteiger charge is -2.11. The van der Waals surface area contributed by atoms with Crippen molar-refractivity contribution in [2.75, 3.05) is 0 Å². The maximum atomic E-state index is 11.4. The predicted octanol–water partition coefficient (Wildman–Crippen LogP) is 7.06. The van der Waals surface area contributed by atoms with Crippen LogP contribution in [-0.2, 0) is 0 Å². The molecule has 0 bridgehead atoms. The minimum Gasteiger partial charge on any atom is -0.457 e. The van der Waals surface area contributed by atoms with Crippen LogP contribution in [0.15, 0.2) is 42.5 Å². The first-order valence-corrected chi connectivity index (χ1v) is 8.00. The van der Waals surface area contributed by atoms with Crippen LogP contribution in [0.3, 0.4) is 0 Å². The van der Waals surface area contributed by atoms with Crippen molar-refractivity contribution in [2.24, 2.45) is 0 Å². The number of halogens is 4. The van der Waals surface area contributed by atoms with E-state index in [1.807, 2.05) is 0 Å². The molecule has 0 aliphatic carbocycles. The fourth-order valence-corrected chi connectivity index (χ4v) is 3.05. The van der Waals surface area contributed by atoms with Gasteiger partial charge in [-0.3, -0.25) is 4.79 Å². The van der Waals surface area contributed by atoms with E-state index in [9.17, 15) is 4.79 Å². The van der Waals surface area contributed by atoms with Crippen molar-refractivity contribution in [2.45, 2.75) is 0 Å². The highest BCUT2D eigenvalue weighted by atomic mass is 35.5. The molecule has 0 N–H and O–H groups in total. The van der Waals surface area contributed by atoms with E-state index in [0.717, 1.165) is 6.29 Å². The molecule has 0 aliphatic heterocycles. The van der Waals surface area contributed by atoms with Gasteiger partial charge in [0.05, 0.1) is 15.1 Å². The first-order valence-electron chi connectivity index (χ1n) is 6.49. The summed E-state index contributed by atoms with van der Waals surface area (Å²) in [6, 6.07) is 11.6. The van der Waals surface area contributed by atoms with Gasteiger partial charge in [0, 0.05) is 22.0 Å². The van der Waals surface area contributed by atoms with Crippen LogP contribution in [0.5, 0.6) is 11.5 Å². The number of hydrogen-bond acceptors (Lipinski definition) is 2. The highest BCUT2D eigenvalue weighted by molar-refractivity contribution is 6.42. The van der Waals surface area contributed by atoms with Crippen molar-refractivity contribution in [3.63, 3.8) is 0 Å². The van der Waals surface area contributed by atoms with Gasteiger partial charge in [0.2, 0.25) is 0 Å². The number of aldehydes is 1. The molecule has 2 nitrogen and oxygen atoms in total. The van der Waals surface area contributed by atoms with Gasteiger partial charge >= 0.3 is 0 Å². The van der Waals surface area contributed by atoms with Crippen molar-refractivity contribution in [3.05, 3.63) is 68.1 Å². The fraction of sp³-hybridized carbons (Fsp3) is 0. The Hall–Kier alpha value is -1.45. The van der Waals surface area contributed by atoms with Gasteiger partial charge in [-0.15, -0.1) is 0 Å². The minimum atomic E-state index is 0.380. The topological polar surface area (TPSA) is 26.3 Å². The molecule has 0 aromatic heterocycles. The summed E-state index contributed by atoms with van der Waals surface area (Å²) in [5, 5.41) is 3.06. The summed E-state index contributed by atoms with van der Waals surface area (Å²) >= 11 is 24.1. The number of hydrogen-bond donors (Lipinski definition) is 0. The molecule has 3 rings (SSSR count). The molecular formula is C17H8Cl4O2. The summed E-state index contributed by atoms with van der Waals surface area (Å²) in [4.78, 5) is 11.4. The third kappa shape index (κ3) is 3.41. The second-order valence-electron chi connectivity index (χ2n) is 4.79. The second kappa shape index (κ2) is 6.58. The Labute approximate surface area is 152 Å². The third-order valence-corrected chi connectivity index (χ3v) is 4.51. The van der Waals surface area contributed by atoms with E-state index in [2.05, 4.69) is 0 Å². The third-order valence-electron chi connectivity index (χ3n) is 3.24. The molecule has 0 amide bonds. The molecule has 116 valence electrons. The zero-order valence-corrected chi connectivity index (χ0v) is 14.5. The molecule has 0 unspecified atom stereocenters. The molecule has 0 saturated heterocycles. The van der Waals surface area contributed by atoms with E-state index >= 15 is 0 Å². The van der Waals surface area contributed by atoms with E-state index in [4.69, 9.17) is 51.1 Å². The predicted molar refractivity (Wildman–Crippen MR) is 95.9 cm³/mol. The molecule has 3 aromatic carbocycles. The monoisotopic (exact) mass is 384 g/mol. The van der Waals surface area contributed by atoms with Crippen molar-refractivity contribution in [1.82, 2.24) is 0 Å². The Morgan fingerprint density at radius 3 is 2.22 bits per heavy atom. The Bertz CT molecular complexity index is 922. The molecule has 0 spiro atoms. The van der Waals surface area contributed by atoms with Gasteiger partial charge in [0.15, 0.2) is 6.29 Å². The Balaban J connectivity index is 2.11. The van der Waals surface area contributed by atoms with Gasteiger partial charge in [-0.2, -0.15) is 0 Å². The highest BCUT2D eigenvalue weighted by Gasteiger charge is 2.10. The van der Waals surface area contributed by atoms with E-state index in [0.29, 0.717) is 47.9 Å². The molecule has 3 aromatic rings. The van der Waals surface area contributed by atoms with Crippen LogP contribution in [0.4, 0.5) is 0 Å². The van der Waals surface area contributed by atoms with E-state index in [1.165, 1.54) is 0 Å². The molecule has 0 radical (unpaired) electrons. The summed E-state index contributed by atoms with van der Waals surface area (Å²) in [6.45, 7) is 0. The molecule has 0 heterocycles. The number of fused-ring (bicyclic) bond motifs is 1. The fourth-order valence-electron chi connectivity index (χ4n) is 2.22. The van der Waals surface area contributed by atoms with E-state index in [1.54, 1.807) is 42.5 Å². The number of rotatable bonds is 3. The molecule has 0 saturated carbocycles. The van der Waals surface area contributed by atoms with Crippen LogP contribution < -0.4 is 4.74 Å². The highest BCUT2D eigenvalue weighted by Crippen LogP contribution is 2.35. The van der Waals surface area contributed by atoms with E-state index in [-0.39, 0.29) is 0 Å². The Morgan fingerprint density at radius 1 is 0.739 bits per heavy atom. The number of benzene rings is 3. The number of carbonyl (C=O) groups excluding carboxylic acids is 1. The number of carbonyl (C=O) groups is 1. The van der Waals surface area contributed by atoms with Crippen LogP contribution >= 0.6 is 46.4 Å². The Morgan fingerprint density at radius 2 is 1.52 bits per heavy atom. The SMILES string of the molecule is O=Cc1cc(Oc2ccc(Cl)c(Cl)c2)cc2c(Cl)cc(Cl)cc12. The minimum absolute atomic E-state index is 0.380. The standard InChI is InChI=1S/C17H8Cl4O2/c18-10-4-13-9(8-22)3-12(6-14(13)16(20)5-10)23-11-1-2-15(19)17(21)7-11/h1-8H. The average Bonchev–Trinajstić information content (AvgIpc) is 2.51. The van der Waals surface area contributed by atoms with Gasteiger partial charge < -0.3 is 4.74 Å². The summed E-state index contributed by atoms with van der Waals surface area (Å²) < 4.78 is 5.76. The van der Waals surface area contributed by atoms with Crippen molar-refractivity contribution in [1.29, 1.82) is 0 Å². The van der Waals surface area contributed by atoms with Crippen LogP contribution in [-0.4, -0.2) is 6.29 Å². The molecular weight excluding hydrogens is 378 g/mol. The first-order chi connectivity index (χ1) is 11.0. The lowest BCUT2D eigenvalue weighted by molar-refractivity contribution is 0.112. The first kappa shape index (κ1) is 16.4. The zero-order chi connectivity index (χ0) is 16.6. The van der Waals surface area contributed by atoms with Crippen molar-refractivity contribution >= 4 is 63.5 Å². The lowest BCUT2D eigenvalue weighted by Crippen LogP contribution is -1.90. The quantitative estimate of drug-likeness (QED) is 0.451. The molecule has 6 heteroatoms. The molecule has 0 aliphatic rings. The van der Waals surface area contributed by atoms with Gasteiger partial charge in [-0.1, -0.05) is 46.4 Å². The van der Waals surface area contributed by atoms with Gasteiger partial charge in [-0.25, -0.2) is 0 Å². The summed E-state index contributed by atoms with van der Waals surface area (Å²) in [5.41, 5.74) is 0.432. The van der Waals surface area contributed by atoms with E-state index < -0.39 is 0 Å². The van der Waals surface area contributed by atoms with Crippen LogP contribution in [0, 0.1) is 0 Å². The van der Waals surface area contributed by atoms with Crippen molar-refractivity contribution < 1.29 is 9.53 Å². The maximum absolute atomic E-state index is 11.4. The second-order valence-corrected chi connectivity index (χ2v) is 6.45. The molecule has 23 heavy (non-hydrogen) atoms. The van der Waals surface area contributed by atoms with Crippen LogP contribution in [0.2, 0.25) is 20.1 Å². The smallest absolute Gasteiger partial charge is 0.150 e. The molecule has 0 atom stereocenters. The van der Waals surface area contributed by atoms with Crippen LogP contribution in [0.25, 0.3) is 10.8 Å². The van der Waals surface area contributed by atoms with Gasteiger partial charge in [0.1, 0.15) is 11.5 Å². The van der Waals surface area contributed by atoms with Crippen molar-refractivity contribution in [3.8, 4) is 11.5 Å².